The molecule has 0 aliphatic carbocycles. The number of nitrogens with zero attached hydrogens (tertiary/aromatic N) is 2. The fourth-order valence-corrected chi connectivity index (χ4v) is 1.96. The maximum Gasteiger partial charge on any atom is 0.168 e. The van der Waals surface area contributed by atoms with Gasteiger partial charge in [-0.25, -0.2) is 0 Å². The molecule has 0 aliphatic heterocycles. The Morgan fingerprint density at radius 2 is 1.89 bits per heavy atom. The summed E-state index contributed by atoms with van der Waals surface area (Å²) in [6.45, 7) is 2.00. The fourth-order valence-electron chi connectivity index (χ4n) is 1.96. The van der Waals surface area contributed by atoms with E-state index in [2.05, 4.69) is 5.10 Å². The molecule has 18 heavy (non-hydrogen) atoms. The highest BCUT2D eigenvalue weighted by Crippen LogP contribution is 2.40. The molecule has 1 aromatic heterocycles. The van der Waals surface area contributed by atoms with E-state index in [9.17, 15) is 0 Å². The van der Waals surface area contributed by atoms with Gasteiger partial charge in [-0.3, -0.25) is 4.68 Å². The van der Waals surface area contributed by atoms with Crippen LogP contribution in [-0.4, -0.2) is 24.0 Å². The molecule has 0 fully saturated rings. The number of nitrogen functional groups attached to an aromatic ring is 1. The van der Waals surface area contributed by atoms with Crippen molar-refractivity contribution in [3.8, 4) is 22.6 Å². The molecule has 0 atom stereocenters. The number of aromatic nitrogens is 2. The topological polar surface area (TPSA) is 62.3 Å². The minimum Gasteiger partial charge on any atom is -0.493 e. The van der Waals surface area contributed by atoms with E-state index in [0.717, 1.165) is 16.7 Å². The van der Waals surface area contributed by atoms with Crippen LogP contribution in [0.15, 0.2) is 18.3 Å². The molecule has 0 amide bonds. The number of hydrogen-bond donors (Lipinski definition) is 1. The monoisotopic (exact) mass is 247 g/mol. The number of methoxy groups -OCH3 is 2. The van der Waals surface area contributed by atoms with Gasteiger partial charge in [0.25, 0.3) is 0 Å². The lowest BCUT2D eigenvalue weighted by Crippen LogP contribution is -1.99. The highest BCUT2D eigenvalue weighted by atomic mass is 16.5. The zero-order valence-electron chi connectivity index (χ0n) is 11.0. The summed E-state index contributed by atoms with van der Waals surface area (Å²) in [6.07, 6.45) is 1.73. The number of benzene rings is 1. The molecule has 5 heteroatoms. The van der Waals surface area contributed by atoms with Crippen LogP contribution in [0.2, 0.25) is 0 Å². The average Bonchev–Trinajstić information content (AvgIpc) is 2.69. The van der Waals surface area contributed by atoms with Crippen LogP contribution in [0.3, 0.4) is 0 Å². The van der Waals surface area contributed by atoms with E-state index in [4.69, 9.17) is 15.2 Å². The van der Waals surface area contributed by atoms with Gasteiger partial charge in [0.05, 0.1) is 20.4 Å². The molecular weight excluding hydrogens is 230 g/mol. The van der Waals surface area contributed by atoms with Gasteiger partial charge < -0.3 is 15.2 Å². The molecule has 1 aromatic carbocycles. The zero-order valence-corrected chi connectivity index (χ0v) is 11.0. The number of rotatable bonds is 3. The summed E-state index contributed by atoms with van der Waals surface area (Å²) in [5.41, 5.74) is 8.81. The Hall–Kier alpha value is -2.17. The third kappa shape index (κ3) is 1.88. The first-order valence-electron chi connectivity index (χ1n) is 5.59. The summed E-state index contributed by atoms with van der Waals surface area (Å²) in [6, 6.07) is 3.93. The number of hydrogen-bond acceptors (Lipinski definition) is 4. The molecule has 0 bridgehead atoms. The quantitative estimate of drug-likeness (QED) is 0.901. The average molecular weight is 247 g/mol. The standard InChI is InChI=1S/C13H17N3O2/c1-8-5-9(10-7-15-16(2)13(10)14)12(18-4)11(6-8)17-3/h5-7H,14H2,1-4H3. The van der Waals surface area contributed by atoms with Crippen LogP contribution >= 0.6 is 0 Å². The van der Waals surface area contributed by atoms with E-state index in [0.29, 0.717) is 17.3 Å². The first-order valence-corrected chi connectivity index (χ1v) is 5.59. The van der Waals surface area contributed by atoms with Crippen molar-refractivity contribution in [2.75, 3.05) is 20.0 Å². The third-order valence-electron chi connectivity index (χ3n) is 2.90. The molecular formula is C13H17N3O2. The summed E-state index contributed by atoms with van der Waals surface area (Å²) in [4.78, 5) is 0. The molecule has 0 aliphatic rings. The molecule has 0 radical (unpaired) electrons. The molecule has 2 aromatic rings. The van der Waals surface area contributed by atoms with Crippen LogP contribution in [-0.2, 0) is 7.05 Å². The molecule has 96 valence electrons. The number of aryl methyl sites for hydroxylation is 2. The van der Waals surface area contributed by atoms with Crippen LogP contribution in [0.25, 0.3) is 11.1 Å². The van der Waals surface area contributed by atoms with Gasteiger partial charge in [0.15, 0.2) is 11.5 Å². The van der Waals surface area contributed by atoms with Crippen molar-refractivity contribution in [3.05, 3.63) is 23.9 Å². The Labute approximate surface area is 106 Å². The van der Waals surface area contributed by atoms with Gasteiger partial charge in [0.1, 0.15) is 5.82 Å². The predicted molar refractivity (Wildman–Crippen MR) is 70.9 cm³/mol. The second-order valence-corrected chi connectivity index (χ2v) is 4.12. The van der Waals surface area contributed by atoms with Crippen LogP contribution in [0.5, 0.6) is 11.5 Å². The van der Waals surface area contributed by atoms with E-state index >= 15 is 0 Å². The second-order valence-electron chi connectivity index (χ2n) is 4.12. The molecule has 0 spiro atoms. The lowest BCUT2D eigenvalue weighted by molar-refractivity contribution is 0.356. The van der Waals surface area contributed by atoms with Gasteiger partial charge in [-0.05, 0) is 24.6 Å². The van der Waals surface area contributed by atoms with Crippen molar-refractivity contribution in [3.63, 3.8) is 0 Å². The van der Waals surface area contributed by atoms with Gasteiger partial charge in [-0.15, -0.1) is 0 Å². The minimum absolute atomic E-state index is 0.598. The zero-order chi connectivity index (χ0) is 13.3. The Kier molecular flexibility index (Phi) is 3.14. The summed E-state index contributed by atoms with van der Waals surface area (Å²) < 4.78 is 12.4. The maximum atomic E-state index is 6.00. The van der Waals surface area contributed by atoms with E-state index < -0.39 is 0 Å². The molecule has 1 heterocycles. The highest BCUT2D eigenvalue weighted by molar-refractivity contribution is 5.81. The van der Waals surface area contributed by atoms with Crippen molar-refractivity contribution < 1.29 is 9.47 Å². The van der Waals surface area contributed by atoms with E-state index in [1.807, 2.05) is 19.1 Å². The summed E-state index contributed by atoms with van der Waals surface area (Å²) in [7, 11) is 5.04. The number of ether oxygens (including phenoxy) is 2. The Morgan fingerprint density at radius 3 is 2.39 bits per heavy atom. The molecule has 0 unspecified atom stereocenters. The van der Waals surface area contributed by atoms with Crippen molar-refractivity contribution in [2.45, 2.75) is 6.92 Å². The molecule has 0 saturated carbocycles. The van der Waals surface area contributed by atoms with Gasteiger partial charge in [0, 0.05) is 18.2 Å². The second kappa shape index (κ2) is 4.60. The predicted octanol–water partition coefficient (Wildman–Crippen LogP) is 1.99. The number of nitrogens with two attached hydrogens (primary N) is 1. The smallest absolute Gasteiger partial charge is 0.168 e. The van der Waals surface area contributed by atoms with E-state index in [-0.39, 0.29) is 0 Å². The van der Waals surface area contributed by atoms with E-state index in [1.54, 1.807) is 32.1 Å². The lowest BCUT2D eigenvalue weighted by Gasteiger charge is -2.13. The first kappa shape index (κ1) is 12.3. The van der Waals surface area contributed by atoms with Crippen molar-refractivity contribution >= 4 is 5.82 Å². The van der Waals surface area contributed by atoms with Crippen molar-refractivity contribution in [1.29, 1.82) is 0 Å². The van der Waals surface area contributed by atoms with Gasteiger partial charge >= 0.3 is 0 Å². The minimum atomic E-state index is 0.598. The van der Waals surface area contributed by atoms with Gasteiger partial charge in [-0.1, -0.05) is 0 Å². The normalized spacial score (nSPS) is 10.4. The van der Waals surface area contributed by atoms with Crippen molar-refractivity contribution in [2.24, 2.45) is 7.05 Å². The maximum absolute atomic E-state index is 6.00. The third-order valence-corrected chi connectivity index (χ3v) is 2.90. The van der Waals surface area contributed by atoms with E-state index in [1.165, 1.54) is 0 Å². The first-order chi connectivity index (χ1) is 8.58. The fraction of sp³-hybridized carbons (Fsp3) is 0.308. The van der Waals surface area contributed by atoms with Crippen LogP contribution in [0.1, 0.15) is 5.56 Å². The summed E-state index contributed by atoms with van der Waals surface area (Å²) in [5, 5.41) is 4.15. The van der Waals surface area contributed by atoms with Gasteiger partial charge in [0.2, 0.25) is 0 Å². The Balaban J connectivity index is 2.70. The lowest BCUT2D eigenvalue weighted by atomic mass is 10.0. The molecule has 2 rings (SSSR count). The summed E-state index contributed by atoms with van der Waals surface area (Å²) >= 11 is 0. The van der Waals surface area contributed by atoms with Crippen LogP contribution < -0.4 is 15.2 Å². The van der Waals surface area contributed by atoms with Crippen LogP contribution in [0, 0.1) is 6.92 Å². The van der Waals surface area contributed by atoms with Crippen LogP contribution in [0.4, 0.5) is 5.82 Å². The SMILES string of the molecule is COc1cc(C)cc(-c2cnn(C)c2N)c1OC. The Bertz CT molecular complexity index is 576. The van der Waals surface area contributed by atoms with Crippen molar-refractivity contribution in [1.82, 2.24) is 9.78 Å². The largest absolute Gasteiger partial charge is 0.493 e. The Morgan fingerprint density at radius 1 is 1.17 bits per heavy atom. The molecule has 5 nitrogen and oxygen atoms in total. The number of anilines is 1. The molecule has 2 N–H and O–H groups in total. The summed E-state index contributed by atoms with van der Waals surface area (Å²) in [5.74, 6) is 1.96. The molecule has 0 saturated heterocycles. The highest BCUT2D eigenvalue weighted by Gasteiger charge is 2.17. The van der Waals surface area contributed by atoms with Gasteiger partial charge in [-0.2, -0.15) is 5.10 Å².